The number of hydrogen-bond acceptors (Lipinski definition) is 5. The first-order chi connectivity index (χ1) is 13.2. The normalized spacial score (nSPS) is 15.0. The second-order valence-electron chi connectivity index (χ2n) is 5.61. The van der Waals surface area contributed by atoms with Gasteiger partial charge in [0.2, 0.25) is 0 Å². The van der Waals surface area contributed by atoms with Gasteiger partial charge < -0.3 is 9.47 Å². The molecule has 1 aliphatic heterocycles. The van der Waals surface area contributed by atoms with Crippen molar-refractivity contribution in [2.75, 3.05) is 24.9 Å². The van der Waals surface area contributed by atoms with Crippen LogP contribution in [-0.4, -0.2) is 31.0 Å². The maximum atomic E-state index is 13.1. The highest BCUT2D eigenvalue weighted by molar-refractivity contribution is 8.14. The van der Waals surface area contributed by atoms with E-state index in [9.17, 15) is 4.79 Å². The summed E-state index contributed by atoms with van der Waals surface area (Å²) in [5.41, 5.74) is 1.91. The standard InChI is InChI=1S/C21H20N2O3S/c1-4-13-27-21-22-17(14-15-9-11-16(25-2)12-10-15)20(24)23(21)18-7-5-6-8-19(18)26-3/h4-12,14H,1,13H2,2-3H3/b17-14-. The number of carbonyl (C=O) groups is 1. The van der Waals surface area contributed by atoms with Crippen molar-refractivity contribution in [3.8, 4) is 11.5 Å². The van der Waals surface area contributed by atoms with Crippen molar-refractivity contribution in [2.45, 2.75) is 0 Å². The van der Waals surface area contributed by atoms with Gasteiger partial charge in [-0.15, -0.1) is 6.58 Å². The van der Waals surface area contributed by atoms with E-state index in [2.05, 4.69) is 11.6 Å². The average Bonchev–Trinajstić information content (AvgIpc) is 3.01. The van der Waals surface area contributed by atoms with Crippen LogP contribution in [0.4, 0.5) is 5.69 Å². The Morgan fingerprint density at radius 1 is 1.11 bits per heavy atom. The van der Waals surface area contributed by atoms with Crippen molar-refractivity contribution in [3.05, 3.63) is 72.4 Å². The third-order valence-electron chi connectivity index (χ3n) is 3.91. The highest BCUT2D eigenvalue weighted by Crippen LogP contribution is 2.35. The molecular formula is C21H20N2O3S. The van der Waals surface area contributed by atoms with Gasteiger partial charge in [0.1, 0.15) is 17.2 Å². The number of rotatable bonds is 6. The number of nitrogens with zero attached hydrogens (tertiary/aromatic N) is 2. The molecule has 0 unspecified atom stereocenters. The van der Waals surface area contributed by atoms with Gasteiger partial charge in [-0.3, -0.25) is 4.79 Å². The van der Waals surface area contributed by atoms with Crippen LogP contribution in [0.1, 0.15) is 5.56 Å². The quantitative estimate of drug-likeness (QED) is 0.552. The number of hydrogen-bond donors (Lipinski definition) is 0. The number of benzene rings is 2. The summed E-state index contributed by atoms with van der Waals surface area (Å²) in [5, 5.41) is 0.601. The minimum absolute atomic E-state index is 0.193. The average molecular weight is 380 g/mol. The summed E-state index contributed by atoms with van der Waals surface area (Å²) < 4.78 is 10.6. The molecule has 0 bridgehead atoms. The predicted molar refractivity (Wildman–Crippen MR) is 112 cm³/mol. The van der Waals surface area contributed by atoms with E-state index in [1.807, 2.05) is 48.5 Å². The second kappa shape index (κ2) is 8.60. The maximum Gasteiger partial charge on any atom is 0.283 e. The van der Waals surface area contributed by atoms with Crippen molar-refractivity contribution in [1.29, 1.82) is 0 Å². The lowest BCUT2D eigenvalue weighted by atomic mass is 10.2. The highest BCUT2D eigenvalue weighted by atomic mass is 32.2. The lowest BCUT2D eigenvalue weighted by Gasteiger charge is -2.19. The van der Waals surface area contributed by atoms with Crippen LogP contribution in [0.3, 0.4) is 0 Å². The Labute approximate surface area is 163 Å². The number of thioether (sulfide) groups is 1. The molecule has 0 atom stereocenters. The Bertz CT molecular complexity index is 904. The fourth-order valence-electron chi connectivity index (χ4n) is 2.61. The number of carbonyl (C=O) groups excluding carboxylic acids is 1. The van der Waals surface area contributed by atoms with Crippen molar-refractivity contribution >= 4 is 34.6 Å². The molecule has 1 heterocycles. The molecular weight excluding hydrogens is 360 g/mol. The molecule has 0 spiro atoms. The van der Waals surface area contributed by atoms with Crippen LogP contribution in [0, 0.1) is 0 Å². The monoisotopic (exact) mass is 380 g/mol. The van der Waals surface area contributed by atoms with Gasteiger partial charge in [0.15, 0.2) is 5.17 Å². The Morgan fingerprint density at radius 2 is 1.85 bits per heavy atom. The first-order valence-electron chi connectivity index (χ1n) is 8.33. The van der Waals surface area contributed by atoms with Gasteiger partial charge in [-0.25, -0.2) is 9.89 Å². The van der Waals surface area contributed by atoms with Gasteiger partial charge in [0.25, 0.3) is 5.91 Å². The van der Waals surface area contributed by atoms with E-state index < -0.39 is 0 Å². The van der Waals surface area contributed by atoms with Crippen LogP contribution in [0.5, 0.6) is 11.5 Å². The Morgan fingerprint density at radius 3 is 2.52 bits per heavy atom. The molecule has 0 radical (unpaired) electrons. The molecule has 0 fully saturated rings. The van der Waals surface area contributed by atoms with Gasteiger partial charge in [-0.2, -0.15) is 0 Å². The molecule has 138 valence electrons. The second-order valence-corrected chi connectivity index (χ2v) is 6.60. The summed E-state index contributed by atoms with van der Waals surface area (Å²) in [7, 11) is 3.20. The molecule has 0 saturated heterocycles. The van der Waals surface area contributed by atoms with Gasteiger partial charge in [-0.05, 0) is 35.9 Å². The first kappa shape index (κ1) is 18.8. The first-order valence-corrected chi connectivity index (χ1v) is 9.32. The molecule has 0 N–H and O–H groups in total. The zero-order chi connectivity index (χ0) is 19.2. The zero-order valence-electron chi connectivity index (χ0n) is 15.2. The molecule has 6 heteroatoms. The van der Waals surface area contributed by atoms with E-state index >= 15 is 0 Å². The summed E-state index contributed by atoms with van der Waals surface area (Å²) in [6.07, 6.45) is 3.55. The van der Waals surface area contributed by atoms with Crippen LogP contribution in [0.15, 0.2) is 71.9 Å². The van der Waals surface area contributed by atoms with E-state index in [-0.39, 0.29) is 5.91 Å². The van der Waals surface area contributed by atoms with Crippen molar-refractivity contribution in [1.82, 2.24) is 0 Å². The largest absolute Gasteiger partial charge is 0.497 e. The molecule has 1 amide bonds. The number of aliphatic imine (C=N–C) groups is 1. The third-order valence-corrected chi connectivity index (χ3v) is 4.84. The molecule has 0 saturated carbocycles. The molecule has 2 aromatic carbocycles. The smallest absolute Gasteiger partial charge is 0.283 e. The van der Waals surface area contributed by atoms with Crippen molar-refractivity contribution in [2.24, 2.45) is 4.99 Å². The highest BCUT2D eigenvalue weighted by Gasteiger charge is 2.33. The van der Waals surface area contributed by atoms with Crippen molar-refractivity contribution in [3.63, 3.8) is 0 Å². The third kappa shape index (κ3) is 4.06. The Balaban J connectivity index is 1.99. The lowest BCUT2D eigenvalue weighted by molar-refractivity contribution is -0.113. The van der Waals surface area contributed by atoms with E-state index in [1.54, 1.807) is 31.3 Å². The number of ether oxygens (including phenoxy) is 2. The van der Waals surface area contributed by atoms with E-state index in [0.717, 1.165) is 11.3 Å². The summed E-state index contributed by atoms with van der Waals surface area (Å²) in [6.45, 7) is 3.74. The predicted octanol–water partition coefficient (Wildman–Crippen LogP) is 4.37. The van der Waals surface area contributed by atoms with Gasteiger partial charge in [0.05, 0.1) is 19.9 Å². The van der Waals surface area contributed by atoms with Crippen LogP contribution >= 0.6 is 11.8 Å². The van der Waals surface area contributed by atoms with Crippen molar-refractivity contribution < 1.29 is 14.3 Å². The van der Waals surface area contributed by atoms with Crippen LogP contribution in [0.2, 0.25) is 0 Å². The fourth-order valence-corrected chi connectivity index (χ4v) is 3.35. The molecule has 27 heavy (non-hydrogen) atoms. The molecule has 1 aliphatic rings. The minimum atomic E-state index is -0.193. The number of amides is 1. The maximum absolute atomic E-state index is 13.1. The number of amidine groups is 1. The Hall–Kier alpha value is -2.99. The number of para-hydroxylation sites is 2. The molecule has 5 nitrogen and oxygen atoms in total. The van der Waals surface area contributed by atoms with E-state index in [1.165, 1.54) is 11.8 Å². The van der Waals surface area contributed by atoms with Gasteiger partial charge in [-0.1, -0.05) is 42.1 Å². The van der Waals surface area contributed by atoms with E-state index in [4.69, 9.17) is 9.47 Å². The zero-order valence-corrected chi connectivity index (χ0v) is 16.0. The number of methoxy groups -OCH3 is 2. The topological polar surface area (TPSA) is 51.1 Å². The molecule has 3 rings (SSSR count). The molecule has 0 aliphatic carbocycles. The number of anilines is 1. The summed E-state index contributed by atoms with van der Waals surface area (Å²) in [5.74, 6) is 1.83. The molecule has 0 aromatic heterocycles. The summed E-state index contributed by atoms with van der Waals surface area (Å²) in [6, 6.07) is 14.9. The van der Waals surface area contributed by atoms with Crippen LogP contribution in [-0.2, 0) is 4.79 Å². The summed E-state index contributed by atoms with van der Waals surface area (Å²) >= 11 is 1.45. The van der Waals surface area contributed by atoms with Gasteiger partial charge in [0, 0.05) is 5.75 Å². The SMILES string of the molecule is C=CCSC1=N/C(=C\c2ccc(OC)cc2)C(=O)N1c1ccccc1OC. The van der Waals surface area contributed by atoms with Gasteiger partial charge >= 0.3 is 0 Å². The molecule has 2 aromatic rings. The Kier molecular flexibility index (Phi) is 5.98. The van der Waals surface area contributed by atoms with Crippen LogP contribution < -0.4 is 14.4 Å². The van der Waals surface area contributed by atoms with E-state index in [0.29, 0.717) is 28.1 Å². The lowest BCUT2D eigenvalue weighted by Crippen LogP contribution is -2.30. The fraction of sp³-hybridized carbons (Fsp3) is 0.143. The minimum Gasteiger partial charge on any atom is -0.497 e. The van der Waals surface area contributed by atoms with Crippen LogP contribution in [0.25, 0.3) is 6.08 Å². The summed E-state index contributed by atoms with van der Waals surface area (Å²) in [4.78, 5) is 19.2.